The summed E-state index contributed by atoms with van der Waals surface area (Å²) in [6.45, 7) is 0. The van der Waals surface area contributed by atoms with Gasteiger partial charge in [0.1, 0.15) is 15.9 Å². The van der Waals surface area contributed by atoms with Crippen molar-refractivity contribution in [3.8, 4) is 0 Å². The van der Waals surface area contributed by atoms with Gasteiger partial charge in [0, 0.05) is 20.3 Å². The first-order valence-electron chi connectivity index (χ1n) is 4.81. The van der Waals surface area contributed by atoms with Crippen molar-refractivity contribution in [3.63, 3.8) is 0 Å². The fourth-order valence-electron chi connectivity index (χ4n) is 1.20. The van der Waals surface area contributed by atoms with E-state index in [0.29, 0.717) is 0 Å². The maximum absolute atomic E-state index is 12.0. The molecule has 18 heavy (non-hydrogen) atoms. The lowest BCUT2D eigenvalue weighted by atomic mass is 10.1. The molecule has 0 fully saturated rings. The molecule has 1 aromatic rings. The zero-order valence-corrected chi connectivity index (χ0v) is 11.2. The highest BCUT2D eigenvalue weighted by Gasteiger charge is 2.22. The average Bonchev–Trinajstić information content (AvgIpc) is 2.24. The number of aromatic nitrogens is 1. The molecular formula is C11H10Cl2N2O3. The molecule has 5 nitrogen and oxygen atoms in total. The third-order valence-corrected chi connectivity index (χ3v) is 2.42. The second-order valence-electron chi connectivity index (χ2n) is 3.61. The Morgan fingerprint density at radius 3 is 2.39 bits per heavy atom. The van der Waals surface area contributed by atoms with E-state index in [1.54, 1.807) is 14.1 Å². The number of nitrogens with zero attached hydrogens (tertiary/aromatic N) is 2. The summed E-state index contributed by atoms with van der Waals surface area (Å²) in [7, 11) is 3.22. The molecule has 0 aliphatic carbocycles. The summed E-state index contributed by atoms with van der Waals surface area (Å²) in [5, 5.41) is 9.00. The normalized spacial score (nSPS) is 11.2. The standard InChI is InChI=1S/C11H10Cl2N2O3/c1-15(2)5-7(11(17)18)9(16)6-3-4-8(12)14-10(6)13/h3-5H,1-2H3,(H,17,18). The molecule has 0 aromatic carbocycles. The minimum atomic E-state index is -1.33. The number of carboxylic acids is 1. The summed E-state index contributed by atoms with van der Waals surface area (Å²) in [5.41, 5.74) is -0.400. The second kappa shape index (κ2) is 5.84. The van der Waals surface area contributed by atoms with Crippen LogP contribution in [0.2, 0.25) is 10.3 Å². The molecule has 0 unspecified atom stereocenters. The molecule has 1 heterocycles. The summed E-state index contributed by atoms with van der Waals surface area (Å²) in [6.07, 6.45) is 1.20. The summed E-state index contributed by atoms with van der Waals surface area (Å²) in [5.74, 6) is -2.05. The smallest absolute Gasteiger partial charge is 0.341 e. The molecule has 1 N–H and O–H groups in total. The van der Waals surface area contributed by atoms with Crippen LogP contribution in [0.4, 0.5) is 0 Å². The number of Topliss-reactive ketones (excluding diaryl/α,β-unsaturated/α-hetero) is 1. The Hall–Kier alpha value is -1.59. The van der Waals surface area contributed by atoms with Gasteiger partial charge >= 0.3 is 5.97 Å². The third kappa shape index (κ3) is 3.45. The summed E-state index contributed by atoms with van der Waals surface area (Å²) < 4.78 is 0. The Bertz CT molecular complexity index is 527. The van der Waals surface area contributed by atoms with E-state index in [2.05, 4.69) is 4.98 Å². The molecule has 1 rings (SSSR count). The zero-order chi connectivity index (χ0) is 13.9. The number of hydrogen-bond donors (Lipinski definition) is 1. The molecule has 1 aromatic heterocycles. The van der Waals surface area contributed by atoms with Crippen molar-refractivity contribution in [2.24, 2.45) is 0 Å². The molecule has 0 aliphatic heterocycles. The van der Waals surface area contributed by atoms with E-state index in [1.807, 2.05) is 0 Å². The minimum Gasteiger partial charge on any atom is -0.477 e. The van der Waals surface area contributed by atoms with Crippen molar-refractivity contribution in [1.82, 2.24) is 9.88 Å². The van der Waals surface area contributed by atoms with E-state index in [1.165, 1.54) is 23.2 Å². The highest BCUT2D eigenvalue weighted by Crippen LogP contribution is 2.20. The molecule has 0 atom stereocenters. The number of pyridine rings is 1. The second-order valence-corrected chi connectivity index (χ2v) is 4.36. The fraction of sp³-hybridized carbons (Fsp3) is 0.182. The van der Waals surface area contributed by atoms with Gasteiger partial charge in [0.2, 0.25) is 5.78 Å². The minimum absolute atomic E-state index is 0.00318. The van der Waals surface area contributed by atoms with Gasteiger partial charge in [0.25, 0.3) is 0 Å². The fourth-order valence-corrected chi connectivity index (χ4v) is 1.63. The van der Waals surface area contributed by atoms with Gasteiger partial charge in [-0.3, -0.25) is 4.79 Å². The van der Waals surface area contributed by atoms with Gasteiger partial charge in [-0.25, -0.2) is 9.78 Å². The number of ketones is 1. The predicted molar refractivity (Wildman–Crippen MR) is 68.0 cm³/mol. The largest absolute Gasteiger partial charge is 0.477 e. The highest BCUT2D eigenvalue weighted by atomic mass is 35.5. The SMILES string of the molecule is CN(C)C=C(C(=O)O)C(=O)c1ccc(Cl)nc1Cl. The van der Waals surface area contributed by atoms with Crippen molar-refractivity contribution in [2.45, 2.75) is 0 Å². The number of rotatable bonds is 4. The number of hydrogen-bond acceptors (Lipinski definition) is 4. The van der Waals surface area contributed by atoms with Crippen LogP contribution >= 0.6 is 23.2 Å². The number of aliphatic carboxylic acids is 1. The lowest BCUT2D eigenvalue weighted by Gasteiger charge is -2.08. The first-order valence-corrected chi connectivity index (χ1v) is 5.56. The number of halogens is 2. The summed E-state index contributed by atoms with van der Waals surface area (Å²) in [4.78, 5) is 28.2. The molecule has 0 bridgehead atoms. The molecule has 7 heteroatoms. The third-order valence-electron chi connectivity index (χ3n) is 1.92. The average molecular weight is 289 g/mol. The number of carboxylic acid groups (broad SMARTS) is 1. The van der Waals surface area contributed by atoms with Crippen LogP contribution in [0.5, 0.6) is 0 Å². The van der Waals surface area contributed by atoms with E-state index >= 15 is 0 Å². The summed E-state index contributed by atoms with van der Waals surface area (Å²) in [6, 6.07) is 2.71. The monoisotopic (exact) mass is 288 g/mol. The number of carbonyl (C=O) groups is 2. The van der Waals surface area contributed by atoms with Crippen LogP contribution in [0, 0.1) is 0 Å². The van der Waals surface area contributed by atoms with Gasteiger partial charge in [0.05, 0.1) is 5.56 Å². The van der Waals surface area contributed by atoms with Crippen molar-refractivity contribution in [3.05, 3.63) is 39.8 Å². The van der Waals surface area contributed by atoms with Crippen LogP contribution in [0.15, 0.2) is 23.9 Å². The topological polar surface area (TPSA) is 70.5 Å². The quantitative estimate of drug-likeness (QED) is 0.302. The molecule has 0 amide bonds. The Kier molecular flexibility index (Phi) is 4.69. The number of carbonyl (C=O) groups excluding carboxylic acids is 1. The first kappa shape index (κ1) is 14.5. The molecule has 0 radical (unpaired) electrons. The van der Waals surface area contributed by atoms with Gasteiger partial charge in [-0.05, 0) is 12.1 Å². The van der Waals surface area contributed by atoms with E-state index in [4.69, 9.17) is 28.3 Å². The van der Waals surface area contributed by atoms with Gasteiger partial charge in [0.15, 0.2) is 0 Å². The van der Waals surface area contributed by atoms with E-state index in [9.17, 15) is 9.59 Å². The van der Waals surface area contributed by atoms with Crippen molar-refractivity contribution < 1.29 is 14.7 Å². The van der Waals surface area contributed by atoms with Crippen LogP contribution < -0.4 is 0 Å². The van der Waals surface area contributed by atoms with Gasteiger partial charge < -0.3 is 10.0 Å². The lowest BCUT2D eigenvalue weighted by Crippen LogP contribution is -2.17. The summed E-state index contributed by atoms with van der Waals surface area (Å²) >= 11 is 11.4. The van der Waals surface area contributed by atoms with E-state index in [-0.39, 0.29) is 15.9 Å². The van der Waals surface area contributed by atoms with Crippen LogP contribution in [0.1, 0.15) is 10.4 Å². The Balaban J connectivity index is 3.23. The van der Waals surface area contributed by atoms with Gasteiger partial charge in [-0.1, -0.05) is 23.2 Å². The van der Waals surface area contributed by atoms with E-state index in [0.717, 1.165) is 0 Å². The molecular weight excluding hydrogens is 279 g/mol. The van der Waals surface area contributed by atoms with Gasteiger partial charge in [-0.15, -0.1) is 0 Å². The molecule has 0 saturated carbocycles. The molecule has 0 spiro atoms. The Morgan fingerprint density at radius 2 is 1.94 bits per heavy atom. The zero-order valence-electron chi connectivity index (χ0n) is 9.65. The van der Waals surface area contributed by atoms with Crippen LogP contribution in [-0.4, -0.2) is 40.8 Å². The maximum atomic E-state index is 12.0. The maximum Gasteiger partial charge on any atom is 0.341 e. The lowest BCUT2D eigenvalue weighted by molar-refractivity contribution is -0.132. The first-order chi connectivity index (χ1) is 8.32. The Morgan fingerprint density at radius 1 is 1.33 bits per heavy atom. The van der Waals surface area contributed by atoms with E-state index < -0.39 is 17.3 Å². The predicted octanol–water partition coefficient (Wildman–Crippen LogP) is 2.10. The molecule has 0 saturated heterocycles. The van der Waals surface area contributed by atoms with Gasteiger partial charge in [-0.2, -0.15) is 0 Å². The van der Waals surface area contributed by atoms with Crippen molar-refractivity contribution in [1.29, 1.82) is 0 Å². The molecule has 0 aliphatic rings. The van der Waals surface area contributed by atoms with Crippen LogP contribution in [-0.2, 0) is 4.79 Å². The van der Waals surface area contributed by atoms with Crippen molar-refractivity contribution >= 4 is 35.0 Å². The highest BCUT2D eigenvalue weighted by molar-refractivity contribution is 6.37. The van der Waals surface area contributed by atoms with Crippen LogP contribution in [0.25, 0.3) is 0 Å². The van der Waals surface area contributed by atoms with Crippen molar-refractivity contribution in [2.75, 3.05) is 14.1 Å². The Labute approximate surface area is 114 Å². The molecule has 96 valence electrons. The van der Waals surface area contributed by atoms with Crippen LogP contribution in [0.3, 0.4) is 0 Å².